The highest BCUT2D eigenvalue weighted by Crippen LogP contribution is 2.33. The maximum Gasteiger partial charge on any atom is 0.312 e. The predicted molar refractivity (Wildman–Crippen MR) is 44.1 cm³/mol. The van der Waals surface area contributed by atoms with Gasteiger partial charge in [0.1, 0.15) is 0 Å². The van der Waals surface area contributed by atoms with Crippen molar-refractivity contribution in [3.8, 4) is 0 Å². The summed E-state index contributed by atoms with van der Waals surface area (Å²) in [5, 5.41) is 2.79. The van der Waals surface area contributed by atoms with E-state index in [1.807, 2.05) is 0 Å². The van der Waals surface area contributed by atoms with Gasteiger partial charge in [0.2, 0.25) is 0 Å². The van der Waals surface area contributed by atoms with Gasteiger partial charge in [0.15, 0.2) is 0 Å². The van der Waals surface area contributed by atoms with Gasteiger partial charge in [0, 0.05) is 5.54 Å². The number of amides is 2. The number of nitrogens with two attached hydrogens (primary N) is 1. The lowest BCUT2D eigenvalue weighted by atomic mass is 9.99. The Morgan fingerprint density at radius 2 is 2.36 bits per heavy atom. The maximum absolute atomic E-state index is 10.6. The average molecular weight is 156 g/mol. The fourth-order valence-corrected chi connectivity index (χ4v) is 1.95. The van der Waals surface area contributed by atoms with Gasteiger partial charge in [-0.05, 0) is 32.1 Å². The van der Waals surface area contributed by atoms with Crippen LogP contribution in [0.25, 0.3) is 0 Å². The van der Waals surface area contributed by atoms with Crippen molar-refractivity contribution in [2.75, 3.05) is 0 Å². The number of hydrogen-bond acceptors (Lipinski definition) is 1. The maximum atomic E-state index is 10.6. The van der Waals surface area contributed by atoms with Crippen LogP contribution >= 0.6 is 0 Å². The second kappa shape index (κ2) is 2.72. The van der Waals surface area contributed by atoms with Crippen molar-refractivity contribution in [3.63, 3.8) is 0 Å². The molecular weight excluding hydrogens is 140 g/mol. The Bertz CT molecular complexity index is 169. The third-order valence-corrected chi connectivity index (χ3v) is 2.41. The third-order valence-electron chi connectivity index (χ3n) is 2.41. The molecule has 0 radical (unpaired) electrons. The highest BCUT2D eigenvalue weighted by Gasteiger charge is 2.33. The van der Waals surface area contributed by atoms with E-state index in [0.717, 1.165) is 12.8 Å². The first-order valence-corrected chi connectivity index (χ1v) is 4.09. The van der Waals surface area contributed by atoms with Crippen LogP contribution in [0.1, 0.15) is 33.1 Å². The smallest absolute Gasteiger partial charge is 0.312 e. The Kier molecular flexibility index (Phi) is 2.07. The monoisotopic (exact) mass is 156 g/mol. The van der Waals surface area contributed by atoms with Crippen molar-refractivity contribution in [3.05, 3.63) is 0 Å². The van der Waals surface area contributed by atoms with Crippen LogP contribution in [0.4, 0.5) is 4.79 Å². The summed E-state index contributed by atoms with van der Waals surface area (Å²) >= 11 is 0. The highest BCUT2D eigenvalue weighted by atomic mass is 16.2. The molecule has 0 bridgehead atoms. The SMILES string of the molecule is CC1CCC(C)(NC(N)=O)C1. The lowest BCUT2D eigenvalue weighted by molar-refractivity contribution is 0.235. The van der Waals surface area contributed by atoms with E-state index in [0.29, 0.717) is 5.92 Å². The van der Waals surface area contributed by atoms with Crippen LogP contribution in [0.3, 0.4) is 0 Å². The first-order chi connectivity index (χ1) is 5.02. The average Bonchev–Trinajstić information content (AvgIpc) is 2.08. The third kappa shape index (κ3) is 2.10. The van der Waals surface area contributed by atoms with E-state index in [1.54, 1.807) is 0 Å². The Labute approximate surface area is 67.3 Å². The molecule has 64 valence electrons. The van der Waals surface area contributed by atoms with Gasteiger partial charge in [-0.2, -0.15) is 0 Å². The molecular formula is C8H16N2O. The molecule has 3 N–H and O–H groups in total. The number of carbonyl (C=O) groups excluding carboxylic acids is 1. The summed E-state index contributed by atoms with van der Waals surface area (Å²) < 4.78 is 0. The van der Waals surface area contributed by atoms with Crippen LogP contribution in [-0.4, -0.2) is 11.6 Å². The molecule has 0 saturated heterocycles. The molecule has 0 aromatic rings. The standard InChI is InChI=1S/C8H16N2O/c1-6-3-4-8(2,5-6)10-7(9)11/h6H,3-5H2,1-2H3,(H3,9,10,11). The minimum Gasteiger partial charge on any atom is -0.352 e. The molecule has 1 rings (SSSR count). The van der Waals surface area contributed by atoms with Gasteiger partial charge < -0.3 is 11.1 Å². The van der Waals surface area contributed by atoms with Crippen molar-refractivity contribution in [2.24, 2.45) is 11.7 Å². The van der Waals surface area contributed by atoms with Crippen molar-refractivity contribution >= 4 is 6.03 Å². The molecule has 0 spiro atoms. The minimum atomic E-state index is -0.401. The molecule has 2 amide bonds. The molecule has 1 aliphatic carbocycles. The summed E-state index contributed by atoms with van der Waals surface area (Å²) in [7, 11) is 0. The fraction of sp³-hybridized carbons (Fsp3) is 0.875. The Balaban J connectivity index is 2.48. The number of nitrogens with one attached hydrogen (secondary N) is 1. The number of rotatable bonds is 1. The molecule has 0 heterocycles. The lowest BCUT2D eigenvalue weighted by Crippen LogP contribution is -2.46. The number of carbonyl (C=O) groups is 1. The van der Waals surface area contributed by atoms with Gasteiger partial charge in [-0.25, -0.2) is 4.79 Å². The molecule has 1 fully saturated rings. The van der Waals surface area contributed by atoms with E-state index < -0.39 is 6.03 Å². The first kappa shape index (κ1) is 8.37. The van der Waals surface area contributed by atoms with Crippen LogP contribution in [0.5, 0.6) is 0 Å². The second-order valence-electron chi connectivity index (χ2n) is 3.90. The number of urea groups is 1. The Morgan fingerprint density at radius 3 is 2.73 bits per heavy atom. The summed E-state index contributed by atoms with van der Waals surface area (Å²) in [5.41, 5.74) is 5.02. The van der Waals surface area contributed by atoms with Crippen LogP contribution in [0.2, 0.25) is 0 Å². The molecule has 3 nitrogen and oxygen atoms in total. The van der Waals surface area contributed by atoms with Gasteiger partial charge >= 0.3 is 6.03 Å². The van der Waals surface area contributed by atoms with E-state index in [4.69, 9.17) is 5.73 Å². The normalized spacial score (nSPS) is 37.1. The highest BCUT2D eigenvalue weighted by molar-refractivity contribution is 5.72. The summed E-state index contributed by atoms with van der Waals surface area (Å²) in [4.78, 5) is 10.6. The van der Waals surface area contributed by atoms with Gasteiger partial charge in [-0.1, -0.05) is 6.92 Å². The Morgan fingerprint density at radius 1 is 1.73 bits per heavy atom. The predicted octanol–water partition coefficient (Wildman–Crippen LogP) is 1.23. The van der Waals surface area contributed by atoms with E-state index in [1.165, 1.54) is 6.42 Å². The van der Waals surface area contributed by atoms with E-state index in [9.17, 15) is 4.79 Å². The second-order valence-corrected chi connectivity index (χ2v) is 3.90. The molecule has 1 saturated carbocycles. The minimum absolute atomic E-state index is 0.0365. The zero-order chi connectivity index (χ0) is 8.48. The largest absolute Gasteiger partial charge is 0.352 e. The topological polar surface area (TPSA) is 55.1 Å². The molecule has 2 unspecified atom stereocenters. The summed E-state index contributed by atoms with van der Waals surface area (Å²) in [6, 6.07) is -0.401. The summed E-state index contributed by atoms with van der Waals surface area (Å²) in [5.74, 6) is 0.715. The molecule has 0 aromatic heterocycles. The van der Waals surface area contributed by atoms with Crippen LogP contribution in [0.15, 0.2) is 0 Å². The zero-order valence-corrected chi connectivity index (χ0v) is 7.18. The van der Waals surface area contributed by atoms with Gasteiger partial charge in [0.25, 0.3) is 0 Å². The first-order valence-electron chi connectivity index (χ1n) is 4.09. The van der Waals surface area contributed by atoms with Gasteiger partial charge in [-0.15, -0.1) is 0 Å². The van der Waals surface area contributed by atoms with E-state index >= 15 is 0 Å². The van der Waals surface area contributed by atoms with E-state index in [2.05, 4.69) is 19.2 Å². The molecule has 0 aromatic carbocycles. The van der Waals surface area contributed by atoms with Crippen molar-refractivity contribution in [1.82, 2.24) is 5.32 Å². The van der Waals surface area contributed by atoms with E-state index in [-0.39, 0.29) is 5.54 Å². The summed E-state index contributed by atoms with van der Waals surface area (Å²) in [6.45, 7) is 4.26. The lowest BCUT2D eigenvalue weighted by Gasteiger charge is -2.24. The van der Waals surface area contributed by atoms with Crippen LogP contribution < -0.4 is 11.1 Å². The van der Waals surface area contributed by atoms with Crippen molar-refractivity contribution < 1.29 is 4.79 Å². The zero-order valence-electron chi connectivity index (χ0n) is 7.18. The quantitative estimate of drug-likeness (QED) is 0.589. The Hall–Kier alpha value is -0.730. The fourth-order valence-electron chi connectivity index (χ4n) is 1.95. The van der Waals surface area contributed by atoms with Crippen molar-refractivity contribution in [1.29, 1.82) is 0 Å². The van der Waals surface area contributed by atoms with Crippen LogP contribution in [-0.2, 0) is 0 Å². The molecule has 1 aliphatic rings. The van der Waals surface area contributed by atoms with Crippen LogP contribution in [0, 0.1) is 5.92 Å². The number of hydrogen-bond donors (Lipinski definition) is 2. The van der Waals surface area contributed by atoms with Crippen molar-refractivity contribution in [2.45, 2.75) is 38.6 Å². The molecule has 3 heteroatoms. The van der Waals surface area contributed by atoms with Gasteiger partial charge in [-0.3, -0.25) is 0 Å². The van der Waals surface area contributed by atoms with Gasteiger partial charge in [0.05, 0.1) is 0 Å². The molecule has 0 aliphatic heterocycles. The molecule has 2 atom stereocenters. The number of primary amides is 1. The summed E-state index contributed by atoms with van der Waals surface area (Å²) in [6.07, 6.45) is 3.30. The molecule has 11 heavy (non-hydrogen) atoms.